The van der Waals surface area contributed by atoms with E-state index >= 15 is 0 Å². The van der Waals surface area contributed by atoms with Crippen molar-refractivity contribution in [3.63, 3.8) is 0 Å². The Hall–Kier alpha value is -5.65. The molecule has 2 aromatic rings. The zero-order chi connectivity index (χ0) is 56.8. The van der Waals surface area contributed by atoms with E-state index in [2.05, 4.69) is 91.1 Å². The van der Waals surface area contributed by atoms with Crippen molar-refractivity contribution in [2.75, 3.05) is 97.4 Å². The molecule has 0 aromatic heterocycles. The quantitative estimate of drug-likeness (QED) is 0.0233. The van der Waals surface area contributed by atoms with Crippen LogP contribution >= 0.6 is 0 Å². The summed E-state index contributed by atoms with van der Waals surface area (Å²) in [5.74, 6) is 0.582. The number of amides is 3. The van der Waals surface area contributed by atoms with Crippen LogP contribution in [0.3, 0.4) is 0 Å². The Kier molecular flexibility index (Phi) is 18.9. The van der Waals surface area contributed by atoms with Gasteiger partial charge in [-0.3, -0.25) is 14.4 Å². The van der Waals surface area contributed by atoms with Crippen molar-refractivity contribution in [3.8, 4) is 22.5 Å². The summed E-state index contributed by atoms with van der Waals surface area (Å²) in [6, 6.07) is 20.4. The van der Waals surface area contributed by atoms with Gasteiger partial charge in [-0.25, -0.2) is 9.37 Å². The second-order valence-corrected chi connectivity index (χ2v) is 23.6. The summed E-state index contributed by atoms with van der Waals surface area (Å²) in [5.41, 5.74) is 4.26. The van der Waals surface area contributed by atoms with Gasteiger partial charge < -0.3 is 54.0 Å². The molecule has 4 N–H and O–H groups in total. The Balaban J connectivity index is 0.655. The van der Waals surface area contributed by atoms with E-state index in [0.717, 1.165) is 115 Å². The molecule has 5 aliphatic carbocycles. The summed E-state index contributed by atoms with van der Waals surface area (Å²) in [4.78, 5) is 55.8. The monoisotopic (exact) mass is 1100 g/mol. The number of anilines is 1. The lowest BCUT2D eigenvalue weighted by molar-refractivity contribution is -0.245. The number of fused-ring (bicyclic) bond motifs is 7. The van der Waals surface area contributed by atoms with Gasteiger partial charge >= 0.3 is 5.97 Å². The smallest absolute Gasteiger partial charge is 0.331 e. The molecule has 4 saturated carbocycles. The number of aliphatic hydroxyl groups is 2. The predicted octanol–water partition coefficient (Wildman–Crippen LogP) is 7.59. The van der Waals surface area contributed by atoms with E-state index < -0.39 is 17.1 Å². The van der Waals surface area contributed by atoms with Crippen molar-refractivity contribution in [2.45, 2.75) is 124 Å². The topological polar surface area (TPSA) is 192 Å². The number of esters is 1. The van der Waals surface area contributed by atoms with Gasteiger partial charge in [-0.1, -0.05) is 32.0 Å². The van der Waals surface area contributed by atoms with E-state index in [9.17, 15) is 29.4 Å². The highest BCUT2D eigenvalue weighted by Crippen LogP contribution is 2.70. The van der Waals surface area contributed by atoms with Crippen molar-refractivity contribution in [1.82, 2.24) is 20.1 Å². The van der Waals surface area contributed by atoms with Gasteiger partial charge in [0, 0.05) is 97.6 Å². The molecule has 0 bridgehead atoms. The first-order valence-corrected chi connectivity index (χ1v) is 29.8. The average Bonchev–Trinajstić information content (AvgIpc) is 3.79. The third-order valence-electron chi connectivity index (χ3n) is 19.6. The van der Waals surface area contributed by atoms with Gasteiger partial charge in [-0.2, -0.15) is 0 Å². The van der Waals surface area contributed by atoms with E-state index in [1.807, 2.05) is 31.2 Å². The molecule has 2 aliphatic heterocycles. The molecular formula is C64H88N5O11+. The maximum Gasteiger partial charge on any atom is 0.331 e. The number of hydrogen-bond acceptors (Lipinski definition) is 12. The maximum absolute atomic E-state index is 14.3. The molecule has 434 valence electrons. The van der Waals surface area contributed by atoms with E-state index in [1.54, 1.807) is 18.0 Å². The lowest BCUT2D eigenvalue weighted by atomic mass is 9.42. The van der Waals surface area contributed by atoms with E-state index in [0.29, 0.717) is 76.8 Å². The van der Waals surface area contributed by atoms with Gasteiger partial charge in [0.2, 0.25) is 17.2 Å². The lowest BCUT2D eigenvalue weighted by Gasteiger charge is -2.65. The van der Waals surface area contributed by atoms with Gasteiger partial charge in [0.1, 0.15) is 37.6 Å². The average molecular weight is 1100 g/mol. The number of hydrogen-bond donors (Lipinski definition) is 4. The second kappa shape index (κ2) is 25.6. The van der Waals surface area contributed by atoms with Gasteiger partial charge in [0.05, 0.1) is 50.3 Å². The van der Waals surface area contributed by atoms with E-state index in [-0.39, 0.29) is 72.6 Å². The third-order valence-corrected chi connectivity index (χ3v) is 19.6. The Morgan fingerprint density at radius 1 is 0.825 bits per heavy atom. The fourth-order valence-corrected chi connectivity index (χ4v) is 15.1. The lowest BCUT2D eigenvalue weighted by Crippen LogP contribution is -2.67. The molecule has 4 fully saturated rings. The standard InChI is InChI=1S/C64H87N5O11/c1-8-68(9-2)44-19-21-49-54(37-44)80-55-38-45(69(10-3)11-4)20-22-50(55)60(49)47-15-12-13-16-48(47)61(74)67(7)30-14-17-57(71)65-28-31-76-33-34-77-32-29-66-58(72)41-78-46-24-26-62(5)43(36-46)18-23-52-53(62)39-56(70)63(6)51(25-27-64(52,63)75)42-35-59(73)79-40-42/h12-13,15-16,19-22,35,37-38,43,46,51-53,56,70,75H,8-11,14,17-18,23-34,36,39-41H2,1-7H3,(H-,65,66,71,72)/p+1/t43?,46?,51?,52?,53?,56-,62+,63+,64+/m1/s1. The molecule has 5 unspecified atom stereocenters. The van der Waals surface area contributed by atoms with Gasteiger partial charge in [0.15, 0.2) is 0 Å². The largest absolute Gasteiger partial charge is 0.458 e. The highest BCUT2D eigenvalue weighted by atomic mass is 16.5. The Morgan fingerprint density at radius 2 is 1.56 bits per heavy atom. The predicted molar refractivity (Wildman–Crippen MR) is 309 cm³/mol. The van der Waals surface area contributed by atoms with Crippen molar-refractivity contribution in [3.05, 3.63) is 83.2 Å². The zero-order valence-electron chi connectivity index (χ0n) is 48.5. The molecule has 7 aliphatic rings. The van der Waals surface area contributed by atoms with Gasteiger partial charge in [0.25, 0.3) is 5.91 Å². The van der Waals surface area contributed by atoms with Crippen LogP contribution in [-0.2, 0) is 33.3 Å². The number of carbonyl (C=O) groups excluding carboxylic acids is 4. The van der Waals surface area contributed by atoms with Crippen LogP contribution in [0.15, 0.2) is 76.7 Å². The molecule has 16 nitrogen and oxygen atoms in total. The summed E-state index contributed by atoms with van der Waals surface area (Å²) < 4.78 is 31.8. The molecule has 80 heavy (non-hydrogen) atoms. The Morgan fingerprint density at radius 3 is 2.27 bits per heavy atom. The number of rotatable bonds is 24. The van der Waals surface area contributed by atoms with E-state index in [4.69, 9.17) is 23.4 Å². The van der Waals surface area contributed by atoms with Crippen LogP contribution in [0.5, 0.6) is 0 Å². The number of ether oxygens (including phenoxy) is 4. The number of benzene rings is 3. The van der Waals surface area contributed by atoms with Crippen molar-refractivity contribution in [2.24, 2.45) is 34.5 Å². The minimum atomic E-state index is -1.01. The molecule has 0 saturated heterocycles. The van der Waals surface area contributed by atoms with Crippen LogP contribution in [0, 0.1) is 34.5 Å². The maximum atomic E-state index is 14.3. The summed E-state index contributed by atoms with van der Waals surface area (Å²) in [5, 5.41) is 32.2. The van der Waals surface area contributed by atoms with Gasteiger partial charge in [-0.15, -0.1) is 0 Å². The van der Waals surface area contributed by atoms with E-state index in [1.165, 1.54) is 0 Å². The van der Waals surface area contributed by atoms with Gasteiger partial charge in [-0.05, 0) is 150 Å². The molecular weight excluding hydrogens is 1010 g/mol. The molecule has 0 spiro atoms. The first-order chi connectivity index (χ1) is 38.6. The minimum absolute atomic E-state index is 0.0165. The zero-order valence-corrected chi connectivity index (χ0v) is 48.5. The fourth-order valence-electron chi connectivity index (χ4n) is 15.1. The van der Waals surface area contributed by atoms with Crippen LogP contribution in [0.2, 0.25) is 0 Å². The fraction of sp³-hybridized carbons (Fsp3) is 0.609. The summed E-state index contributed by atoms with van der Waals surface area (Å²) in [6.45, 7) is 19.1. The van der Waals surface area contributed by atoms with Crippen LogP contribution in [0.4, 0.5) is 5.69 Å². The van der Waals surface area contributed by atoms with Crippen molar-refractivity contribution < 1.29 is 52.8 Å². The normalized spacial score (nSPS) is 27.0. The van der Waals surface area contributed by atoms with Crippen LogP contribution in [-0.4, -0.2) is 149 Å². The SMILES string of the molecule is CCN(CC)c1ccc2c(-c3ccccc3C(=O)N(C)CCCC(=O)NCCOCCOCCNC(=O)COC3CC[C@@]4(C)C(CCC5C4C[C@@H](O)[C@]4(C)C(C6=CC(=O)OC6)CC[C@]54O)C3)c3ccc(=[N+](CC)CC)cc-3oc2c1. The summed E-state index contributed by atoms with van der Waals surface area (Å²) in [6.07, 6.45) is 8.11. The molecule has 9 rings (SSSR count). The number of nitrogens with zero attached hydrogens (tertiary/aromatic N) is 3. The summed E-state index contributed by atoms with van der Waals surface area (Å²) >= 11 is 0. The van der Waals surface area contributed by atoms with Crippen LogP contribution in [0.25, 0.3) is 33.4 Å². The van der Waals surface area contributed by atoms with Crippen LogP contribution < -0.4 is 25.5 Å². The Labute approximate surface area is 472 Å². The molecule has 2 aromatic carbocycles. The number of cyclic esters (lactones) is 1. The first kappa shape index (κ1) is 59.0. The minimum Gasteiger partial charge on any atom is -0.458 e. The van der Waals surface area contributed by atoms with Crippen LogP contribution in [0.1, 0.15) is 116 Å². The highest BCUT2D eigenvalue weighted by molar-refractivity contribution is 6.09. The van der Waals surface area contributed by atoms with Crippen molar-refractivity contribution in [1.29, 1.82) is 0 Å². The highest BCUT2D eigenvalue weighted by Gasteiger charge is 2.71. The molecule has 9 atom stereocenters. The number of nitrogens with one attached hydrogen (secondary N) is 2. The number of carbonyl (C=O) groups is 4. The van der Waals surface area contributed by atoms with Crippen molar-refractivity contribution >= 4 is 40.3 Å². The second-order valence-electron chi connectivity index (χ2n) is 23.6. The molecule has 16 heteroatoms. The summed E-state index contributed by atoms with van der Waals surface area (Å²) in [7, 11) is 1.78. The molecule has 0 radical (unpaired) electrons. The molecule has 3 amide bonds. The molecule has 2 heterocycles. The third kappa shape index (κ3) is 11.8. The number of aliphatic hydroxyl groups excluding tert-OH is 1. The Bertz CT molecular complexity index is 2930. The first-order valence-electron chi connectivity index (χ1n) is 29.8.